The number of rotatable bonds is 4. The van der Waals surface area contributed by atoms with Crippen LogP contribution in [0, 0.1) is 11.9 Å². The van der Waals surface area contributed by atoms with Crippen molar-refractivity contribution in [1.82, 2.24) is 29.5 Å². The molecule has 0 spiro atoms. The van der Waals surface area contributed by atoms with Gasteiger partial charge in [0.05, 0.1) is 17.9 Å². The predicted molar refractivity (Wildman–Crippen MR) is 155 cm³/mol. The third-order valence-electron chi connectivity index (χ3n) is 8.33. The first kappa shape index (κ1) is 24.6. The third kappa shape index (κ3) is 3.94. The summed E-state index contributed by atoms with van der Waals surface area (Å²) < 4.78 is 18.6. The van der Waals surface area contributed by atoms with Crippen molar-refractivity contribution in [3.05, 3.63) is 111 Å². The van der Waals surface area contributed by atoms with Crippen LogP contribution in [-0.2, 0) is 6.42 Å². The summed E-state index contributed by atoms with van der Waals surface area (Å²) in [6.07, 6.45) is 4.17. The van der Waals surface area contributed by atoms with Gasteiger partial charge in [0.2, 0.25) is 5.95 Å². The number of benzene rings is 2. The average Bonchev–Trinajstić information content (AvgIpc) is 3.27. The molecule has 5 aromatic rings. The Hall–Kier alpha value is -4.21. The van der Waals surface area contributed by atoms with Gasteiger partial charge in [0.1, 0.15) is 11.5 Å². The molecule has 41 heavy (non-hydrogen) atoms. The van der Waals surface area contributed by atoms with Gasteiger partial charge in [-0.1, -0.05) is 41.1 Å². The van der Waals surface area contributed by atoms with Crippen LogP contribution in [0.5, 0.6) is 0 Å². The van der Waals surface area contributed by atoms with Gasteiger partial charge in [0, 0.05) is 45.2 Å². The number of H-pyrrole nitrogens is 1. The molecule has 8 rings (SSSR count). The maximum absolute atomic E-state index is 15.3. The van der Waals surface area contributed by atoms with Crippen LogP contribution < -0.4 is 10.9 Å². The quantitative estimate of drug-likeness (QED) is 0.251. The van der Waals surface area contributed by atoms with Crippen molar-refractivity contribution in [2.75, 3.05) is 5.32 Å². The molecule has 3 atom stereocenters. The number of nitrogens with zero attached hydrogens (tertiary/aromatic N) is 5. The molecule has 0 radical (unpaired) electrons. The summed E-state index contributed by atoms with van der Waals surface area (Å²) in [4.78, 5) is 21.2. The molecule has 0 bridgehead atoms. The Bertz CT molecular complexity index is 1980. The van der Waals surface area contributed by atoms with Gasteiger partial charge in [0.25, 0.3) is 5.56 Å². The van der Waals surface area contributed by atoms with Crippen molar-refractivity contribution in [3.8, 4) is 28.1 Å². The van der Waals surface area contributed by atoms with Crippen LogP contribution in [0.25, 0.3) is 28.1 Å². The smallest absolute Gasteiger partial charge is 0.252 e. The van der Waals surface area contributed by atoms with Crippen LogP contribution in [0.4, 0.5) is 10.1 Å². The van der Waals surface area contributed by atoms with Crippen LogP contribution in [0.15, 0.2) is 71.8 Å². The standard InChI is InChI=1S/C30H22Cl2FN7O/c1-14-2-3-15-8-16(4-6-22(15)34-14)27-29(33)36-30(35-27)28-21-12-20(21)24-9-17(10-26(41)40(24)28)19-11-18(31)5-7-23(19)39-13-25(32)37-38-39/h4-11,13,20-21,28,34H,1-3,12H2,(H,35,36). The molecule has 11 heteroatoms. The zero-order chi connectivity index (χ0) is 28.0. The first-order valence-corrected chi connectivity index (χ1v) is 14.1. The van der Waals surface area contributed by atoms with Gasteiger partial charge >= 0.3 is 0 Å². The largest absolute Gasteiger partial charge is 0.359 e. The molecule has 2 aliphatic heterocycles. The fourth-order valence-electron chi connectivity index (χ4n) is 6.37. The highest BCUT2D eigenvalue weighted by Crippen LogP contribution is 2.60. The van der Waals surface area contributed by atoms with Crippen molar-refractivity contribution >= 4 is 28.9 Å². The number of allylic oxidation sites excluding steroid dienone is 1. The van der Waals surface area contributed by atoms with E-state index in [0.717, 1.165) is 47.5 Å². The summed E-state index contributed by atoms with van der Waals surface area (Å²) in [6.45, 7) is 4.00. The van der Waals surface area contributed by atoms with Gasteiger partial charge in [-0.2, -0.15) is 4.39 Å². The Balaban J connectivity index is 1.19. The Morgan fingerprint density at radius 3 is 2.76 bits per heavy atom. The van der Waals surface area contributed by atoms with Crippen LogP contribution in [-0.4, -0.2) is 29.5 Å². The molecule has 8 nitrogen and oxygen atoms in total. The number of halogens is 3. The molecular formula is C30H22Cl2FN7O. The molecule has 3 unspecified atom stereocenters. The molecule has 1 fully saturated rings. The zero-order valence-corrected chi connectivity index (χ0v) is 23.0. The van der Waals surface area contributed by atoms with Gasteiger partial charge in [-0.15, -0.1) is 5.10 Å². The second kappa shape index (κ2) is 8.89. The number of nitrogens with one attached hydrogen (secondary N) is 2. The first-order valence-electron chi connectivity index (χ1n) is 13.3. The van der Waals surface area contributed by atoms with E-state index in [1.807, 2.05) is 30.3 Å². The lowest BCUT2D eigenvalue weighted by atomic mass is 9.98. The fraction of sp³-hybridized carbons (Fsp3) is 0.200. The van der Waals surface area contributed by atoms with Gasteiger partial charge in [-0.25, -0.2) is 9.67 Å². The lowest BCUT2D eigenvalue weighted by molar-refractivity contribution is 0.504. The maximum Gasteiger partial charge on any atom is 0.252 e. The molecule has 0 amide bonds. The van der Waals surface area contributed by atoms with Crippen LogP contribution in [0.3, 0.4) is 0 Å². The van der Waals surface area contributed by atoms with Crippen LogP contribution in [0.1, 0.15) is 41.9 Å². The number of hydrogen-bond acceptors (Lipinski definition) is 5. The predicted octanol–water partition coefficient (Wildman–Crippen LogP) is 6.51. The Kier molecular flexibility index (Phi) is 5.33. The van der Waals surface area contributed by atoms with E-state index in [1.165, 1.54) is 0 Å². The summed E-state index contributed by atoms with van der Waals surface area (Å²) in [5.41, 5.74) is 6.89. The number of aromatic amines is 1. The molecule has 1 saturated carbocycles. The number of anilines is 1. The molecule has 3 aliphatic rings. The number of aromatic nitrogens is 6. The summed E-state index contributed by atoms with van der Waals surface area (Å²) in [5, 5.41) is 12.0. The summed E-state index contributed by atoms with van der Waals surface area (Å²) in [7, 11) is 0. The van der Waals surface area contributed by atoms with E-state index in [2.05, 4.69) is 27.2 Å². The third-order valence-corrected chi connectivity index (χ3v) is 8.74. The van der Waals surface area contributed by atoms with E-state index in [9.17, 15) is 4.79 Å². The summed E-state index contributed by atoms with van der Waals surface area (Å²) in [5.74, 6) is 0.320. The highest BCUT2D eigenvalue weighted by Gasteiger charge is 2.54. The van der Waals surface area contributed by atoms with Crippen molar-refractivity contribution in [2.45, 2.75) is 31.2 Å². The van der Waals surface area contributed by atoms with E-state index in [4.69, 9.17) is 28.2 Å². The molecule has 5 heterocycles. The lowest BCUT2D eigenvalue weighted by Gasteiger charge is -2.20. The lowest BCUT2D eigenvalue weighted by Crippen LogP contribution is -2.26. The van der Waals surface area contributed by atoms with Crippen LogP contribution >= 0.6 is 23.2 Å². The van der Waals surface area contributed by atoms with Crippen molar-refractivity contribution in [2.24, 2.45) is 5.92 Å². The van der Waals surface area contributed by atoms with Crippen molar-refractivity contribution < 1.29 is 4.39 Å². The highest BCUT2D eigenvalue weighted by molar-refractivity contribution is 6.31. The SMILES string of the molecule is C=C1CCc2cc(-c3nc(C4C5CC5c5cc(-c6cc(Cl)ccc6-n6cc(Cl)nn6)cc(=O)n54)[nH]c3F)ccc2N1. The summed E-state index contributed by atoms with van der Waals surface area (Å²) >= 11 is 12.4. The Morgan fingerprint density at radius 1 is 1.05 bits per heavy atom. The molecule has 1 aliphatic carbocycles. The van der Waals surface area contributed by atoms with E-state index in [-0.39, 0.29) is 34.3 Å². The maximum atomic E-state index is 15.3. The molecule has 3 aromatic heterocycles. The van der Waals surface area contributed by atoms with Crippen molar-refractivity contribution in [1.29, 1.82) is 0 Å². The fourth-order valence-corrected chi connectivity index (χ4v) is 6.67. The number of aryl methyl sites for hydroxylation is 1. The first-order chi connectivity index (χ1) is 19.8. The highest BCUT2D eigenvalue weighted by atomic mass is 35.5. The topological polar surface area (TPSA) is 93.4 Å². The Labute approximate surface area is 243 Å². The molecule has 204 valence electrons. The summed E-state index contributed by atoms with van der Waals surface area (Å²) in [6, 6.07) is 14.4. The van der Waals surface area contributed by atoms with E-state index in [1.54, 1.807) is 33.6 Å². The van der Waals surface area contributed by atoms with Gasteiger partial charge in [-0.05, 0) is 72.7 Å². The van der Waals surface area contributed by atoms with Crippen LogP contribution in [0.2, 0.25) is 10.2 Å². The van der Waals surface area contributed by atoms with E-state index < -0.39 is 5.95 Å². The van der Waals surface area contributed by atoms with Gasteiger partial charge in [0.15, 0.2) is 5.15 Å². The van der Waals surface area contributed by atoms with Crippen molar-refractivity contribution in [3.63, 3.8) is 0 Å². The van der Waals surface area contributed by atoms with Gasteiger partial charge < -0.3 is 14.9 Å². The minimum absolute atomic E-state index is 0.169. The zero-order valence-electron chi connectivity index (χ0n) is 21.5. The average molecular weight is 586 g/mol. The minimum Gasteiger partial charge on any atom is -0.359 e. The Morgan fingerprint density at radius 2 is 1.93 bits per heavy atom. The molecule has 2 aromatic carbocycles. The number of imidazole rings is 1. The number of fused-ring (bicyclic) bond motifs is 4. The normalized spacial score (nSPS) is 20.4. The van der Waals surface area contributed by atoms with Gasteiger partial charge in [-0.3, -0.25) is 4.79 Å². The monoisotopic (exact) mass is 585 g/mol. The molecular weight excluding hydrogens is 564 g/mol. The molecule has 0 saturated heterocycles. The molecule has 2 N–H and O–H groups in total. The second-order valence-electron chi connectivity index (χ2n) is 10.9. The minimum atomic E-state index is -0.501. The van der Waals surface area contributed by atoms with E-state index >= 15 is 4.39 Å². The van der Waals surface area contributed by atoms with E-state index in [0.29, 0.717) is 27.7 Å². The number of pyridine rings is 1. The number of hydrogen-bond donors (Lipinski definition) is 2. The second-order valence-corrected chi connectivity index (χ2v) is 11.7.